The van der Waals surface area contributed by atoms with Gasteiger partial charge in [-0.05, 0) is 50.4 Å². The van der Waals surface area contributed by atoms with Crippen molar-refractivity contribution in [2.45, 2.75) is 227 Å². The summed E-state index contributed by atoms with van der Waals surface area (Å²) in [5.74, 6) is 1.16. The first kappa shape index (κ1) is 43.9. The fourth-order valence-electron chi connectivity index (χ4n) is 6.36. The molecule has 0 aromatic carbocycles. The van der Waals surface area contributed by atoms with Gasteiger partial charge in [-0.15, -0.1) is 0 Å². The van der Waals surface area contributed by atoms with Gasteiger partial charge < -0.3 is 9.47 Å². The van der Waals surface area contributed by atoms with E-state index < -0.39 is 0 Å². The smallest absolute Gasteiger partial charge is 0.305 e. The molecular formula is C41H80O4. The van der Waals surface area contributed by atoms with Gasteiger partial charge in [0.25, 0.3) is 0 Å². The molecule has 45 heavy (non-hydrogen) atoms. The summed E-state index contributed by atoms with van der Waals surface area (Å²) in [7, 11) is 0. The Morgan fingerprint density at radius 3 is 0.933 bits per heavy atom. The predicted molar refractivity (Wildman–Crippen MR) is 195 cm³/mol. The first-order valence-corrected chi connectivity index (χ1v) is 20.4. The van der Waals surface area contributed by atoms with E-state index in [0.717, 1.165) is 25.7 Å². The van der Waals surface area contributed by atoms with Crippen LogP contribution in [0.1, 0.15) is 227 Å². The molecule has 1 atom stereocenters. The number of unbranched alkanes of at least 4 members (excludes halogenated alkanes) is 20. The van der Waals surface area contributed by atoms with Gasteiger partial charge in [-0.1, -0.05) is 175 Å². The highest BCUT2D eigenvalue weighted by atomic mass is 16.5. The maximum atomic E-state index is 12.2. The molecule has 0 aliphatic heterocycles. The minimum Gasteiger partial charge on any atom is -0.465 e. The first-order valence-electron chi connectivity index (χ1n) is 20.4. The van der Waals surface area contributed by atoms with Gasteiger partial charge in [-0.2, -0.15) is 0 Å². The third-order valence-electron chi connectivity index (χ3n) is 9.59. The molecule has 0 saturated carbocycles. The van der Waals surface area contributed by atoms with Crippen LogP contribution in [0.2, 0.25) is 0 Å². The quantitative estimate of drug-likeness (QED) is 0.0507. The Bertz CT molecular complexity index is 611. The van der Waals surface area contributed by atoms with E-state index >= 15 is 0 Å². The average molecular weight is 637 g/mol. The van der Waals surface area contributed by atoms with Crippen molar-refractivity contribution in [2.75, 3.05) is 13.2 Å². The van der Waals surface area contributed by atoms with Crippen molar-refractivity contribution < 1.29 is 19.1 Å². The molecular weight excluding hydrogens is 556 g/mol. The molecule has 0 saturated heterocycles. The van der Waals surface area contributed by atoms with Crippen LogP contribution in [0.4, 0.5) is 0 Å². The molecule has 0 radical (unpaired) electrons. The van der Waals surface area contributed by atoms with Gasteiger partial charge in [0.05, 0.1) is 13.2 Å². The highest BCUT2D eigenvalue weighted by Gasteiger charge is 2.13. The average Bonchev–Trinajstić information content (AvgIpc) is 3.04. The molecule has 4 nitrogen and oxygen atoms in total. The van der Waals surface area contributed by atoms with E-state index in [-0.39, 0.29) is 11.9 Å². The third kappa shape index (κ3) is 32.7. The van der Waals surface area contributed by atoms with Crippen LogP contribution in [0.5, 0.6) is 0 Å². The second kappa shape index (κ2) is 35.8. The summed E-state index contributed by atoms with van der Waals surface area (Å²) < 4.78 is 11.3. The topological polar surface area (TPSA) is 52.6 Å². The molecule has 0 heterocycles. The summed E-state index contributed by atoms with van der Waals surface area (Å²) >= 11 is 0. The van der Waals surface area contributed by atoms with Crippen LogP contribution >= 0.6 is 0 Å². The number of carbonyl (C=O) groups excluding carboxylic acids is 2. The van der Waals surface area contributed by atoms with Crippen LogP contribution in [0.3, 0.4) is 0 Å². The number of ether oxygens (including phenoxy) is 2. The first-order chi connectivity index (χ1) is 22.1. The summed E-state index contributed by atoms with van der Waals surface area (Å²) in [6.45, 7) is 10.2. The summed E-state index contributed by atoms with van der Waals surface area (Å²) in [6.07, 6.45) is 37.5. The lowest BCUT2D eigenvalue weighted by Crippen LogP contribution is -2.14. The molecule has 0 spiro atoms. The van der Waals surface area contributed by atoms with Crippen molar-refractivity contribution in [2.24, 2.45) is 11.8 Å². The lowest BCUT2D eigenvalue weighted by atomic mass is 9.96. The second-order valence-corrected chi connectivity index (χ2v) is 14.2. The van der Waals surface area contributed by atoms with Gasteiger partial charge in [0.15, 0.2) is 0 Å². The highest BCUT2D eigenvalue weighted by molar-refractivity contribution is 5.69. The molecule has 0 aromatic rings. The van der Waals surface area contributed by atoms with Gasteiger partial charge in [-0.3, -0.25) is 9.59 Å². The van der Waals surface area contributed by atoms with E-state index in [0.29, 0.717) is 37.9 Å². The van der Waals surface area contributed by atoms with Crippen LogP contribution in [0, 0.1) is 11.8 Å². The zero-order valence-electron chi connectivity index (χ0n) is 31.1. The molecule has 0 N–H and O–H groups in total. The lowest BCUT2D eigenvalue weighted by molar-refractivity contribution is -0.146. The van der Waals surface area contributed by atoms with Crippen LogP contribution in [0.25, 0.3) is 0 Å². The van der Waals surface area contributed by atoms with Crippen LogP contribution in [-0.2, 0) is 19.1 Å². The van der Waals surface area contributed by atoms with Gasteiger partial charge in [0, 0.05) is 12.8 Å². The van der Waals surface area contributed by atoms with Crippen molar-refractivity contribution in [3.63, 3.8) is 0 Å². The van der Waals surface area contributed by atoms with Crippen molar-refractivity contribution >= 4 is 11.9 Å². The zero-order valence-corrected chi connectivity index (χ0v) is 31.1. The molecule has 0 aliphatic rings. The number of esters is 2. The van der Waals surface area contributed by atoms with Gasteiger partial charge in [0.2, 0.25) is 0 Å². The van der Waals surface area contributed by atoms with Crippen LogP contribution in [0.15, 0.2) is 0 Å². The van der Waals surface area contributed by atoms with Crippen molar-refractivity contribution in [3.8, 4) is 0 Å². The zero-order chi connectivity index (χ0) is 33.1. The Kier molecular flexibility index (Phi) is 34.9. The molecule has 0 bridgehead atoms. The van der Waals surface area contributed by atoms with Crippen molar-refractivity contribution in [1.82, 2.24) is 0 Å². The largest absolute Gasteiger partial charge is 0.465 e. The molecule has 0 amide bonds. The Balaban J connectivity index is 3.51. The standard InChI is InChI=1S/C41H80O4/c1-5-9-13-27-33-39(32-12-8-4)37-45-41(43)35-29-26-24-22-20-18-16-14-15-17-19-21-23-25-28-34-40(42)44-36-38(30-10-6-2)31-11-7-3/h38-39H,5-37H2,1-4H3. The second-order valence-electron chi connectivity index (χ2n) is 14.2. The fraction of sp³-hybridized carbons (Fsp3) is 0.951. The Morgan fingerprint density at radius 2 is 0.622 bits per heavy atom. The predicted octanol–water partition coefficient (Wildman–Crippen LogP) is 13.5. The van der Waals surface area contributed by atoms with Crippen molar-refractivity contribution in [1.29, 1.82) is 0 Å². The molecule has 268 valence electrons. The van der Waals surface area contributed by atoms with E-state index in [1.807, 2.05) is 0 Å². The molecule has 0 fully saturated rings. The van der Waals surface area contributed by atoms with E-state index in [4.69, 9.17) is 9.47 Å². The summed E-state index contributed by atoms with van der Waals surface area (Å²) in [5, 5.41) is 0. The minimum absolute atomic E-state index is 0.0163. The van der Waals surface area contributed by atoms with E-state index in [1.54, 1.807) is 0 Å². The Morgan fingerprint density at radius 1 is 0.356 bits per heavy atom. The molecule has 1 unspecified atom stereocenters. The van der Waals surface area contributed by atoms with Gasteiger partial charge in [0.1, 0.15) is 0 Å². The monoisotopic (exact) mass is 637 g/mol. The maximum Gasteiger partial charge on any atom is 0.305 e. The van der Waals surface area contributed by atoms with Crippen LogP contribution < -0.4 is 0 Å². The van der Waals surface area contributed by atoms with E-state index in [2.05, 4.69) is 27.7 Å². The Hall–Kier alpha value is -1.06. The molecule has 0 aliphatic carbocycles. The minimum atomic E-state index is 0.0163. The van der Waals surface area contributed by atoms with Gasteiger partial charge in [-0.25, -0.2) is 0 Å². The number of rotatable bonds is 36. The number of carbonyl (C=O) groups is 2. The number of hydrogen-bond acceptors (Lipinski definition) is 4. The van der Waals surface area contributed by atoms with Crippen molar-refractivity contribution in [3.05, 3.63) is 0 Å². The summed E-state index contributed by atoms with van der Waals surface area (Å²) in [6, 6.07) is 0. The molecule has 0 rings (SSSR count). The fourth-order valence-corrected chi connectivity index (χ4v) is 6.36. The molecule has 4 heteroatoms. The maximum absolute atomic E-state index is 12.2. The van der Waals surface area contributed by atoms with E-state index in [9.17, 15) is 9.59 Å². The third-order valence-corrected chi connectivity index (χ3v) is 9.59. The Labute approximate surface area is 282 Å². The normalized spacial score (nSPS) is 12.1. The lowest BCUT2D eigenvalue weighted by Gasteiger charge is -2.16. The molecule has 0 aromatic heterocycles. The summed E-state index contributed by atoms with van der Waals surface area (Å²) in [5.41, 5.74) is 0. The SMILES string of the molecule is CCCCCCC(CCCC)COC(=O)CCCCCCCCCCCCCCCCCC(=O)OCC(CCCC)CCCC. The highest BCUT2D eigenvalue weighted by Crippen LogP contribution is 2.20. The van der Waals surface area contributed by atoms with Gasteiger partial charge >= 0.3 is 11.9 Å². The van der Waals surface area contributed by atoms with E-state index in [1.165, 1.54) is 161 Å². The number of hydrogen-bond donors (Lipinski definition) is 0. The summed E-state index contributed by atoms with van der Waals surface area (Å²) in [4.78, 5) is 24.4. The van der Waals surface area contributed by atoms with Crippen LogP contribution in [-0.4, -0.2) is 25.2 Å².